The Bertz CT molecular complexity index is 656. The first-order chi connectivity index (χ1) is 9.49. The summed E-state index contributed by atoms with van der Waals surface area (Å²) >= 11 is 5.94. The third kappa shape index (κ3) is 3.08. The van der Waals surface area contributed by atoms with E-state index in [1.54, 1.807) is 19.1 Å². The summed E-state index contributed by atoms with van der Waals surface area (Å²) in [5.41, 5.74) is 1.22. The molecule has 104 valence electrons. The molecule has 0 saturated heterocycles. The summed E-state index contributed by atoms with van der Waals surface area (Å²) in [5, 5.41) is 9.49. The molecule has 5 heteroatoms. The van der Waals surface area contributed by atoms with E-state index in [0.29, 0.717) is 16.1 Å². The van der Waals surface area contributed by atoms with Gasteiger partial charge in [-0.25, -0.2) is 9.18 Å². The van der Waals surface area contributed by atoms with Crippen molar-refractivity contribution < 1.29 is 19.0 Å². The van der Waals surface area contributed by atoms with Gasteiger partial charge in [-0.2, -0.15) is 0 Å². The lowest BCUT2D eigenvalue weighted by Gasteiger charge is -2.12. The largest absolute Gasteiger partial charge is 0.488 e. The first kappa shape index (κ1) is 14.3. The molecule has 0 unspecified atom stereocenters. The average Bonchev–Trinajstić information content (AvgIpc) is 2.40. The third-order valence-corrected chi connectivity index (χ3v) is 3.19. The molecule has 0 aliphatic rings. The minimum atomic E-state index is -1.07. The molecule has 0 bridgehead atoms. The number of carboxylic acid groups (broad SMARTS) is 1. The third-order valence-electron chi connectivity index (χ3n) is 2.82. The van der Waals surface area contributed by atoms with E-state index >= 15 is 0 Å². The highest BCUT2D eigenvalue weighted by molar-refractivity contribution is 6.31. The van der Waals surface area contributed by atoms with Crippen molar-refractivity contribution in [3.63, 3.8) is 0 Å². The zero-order valence-corrected chi connectivity index (χ0v) is 11.4. The number of hydrogen-bond acceptors (Lipinski definition) is 2. The van der Waals surface area contributed by atoms with Gasteiger partial charge in [0, 0.05) is 10.6 Å². The number of aromatic carboxylic acids is 1. The average molecular weight is 295 g/mol. The maximum absolute atomic E-state index is 13.2. The van der Waals surface area contributed by atoms with Gasteiger partial charge in [-0.15, -0.1) is 0 Å². The molecule has 0 saturated carbocycles. The minimum Gasteiger partial charge on any atom is -0.488 e. The Labute approximate surface area is 120 Å². The SMILES string of the molecule is Cc1cccc(C(=O)O)c1OCc1cc(F)ccc1Cl. The van der Waals surface area contributed by atoms with Gasteiger partial charge in [0.15, 0.2) is 0 Å². The summed E-state index contributed by atoms with van der Waals surface area (Å²) in [6, 6.07) is 8.79. The number of hydrogen-bond donors (Lipinski definition) is 1. The van der Waals surface area contributed by atoms with Gasteiger partial charge in [-0.05, 0) is 36.8 Å². The molecule has 3 nitrogen and oxygen atoms in total. The fourth-order valence-electron chi connectivity index (χ4n) is 1.82. The van der Waals surface area contributed by atoms with Crippen molar-refractivity contribution in [2.24, 2.45) is 0 Å². The van der Waals surface area contributed by atoms with Crippen molar-refractivity contribution in [3.8, 4) is 5.75 Å². The number of aryl methyl sites for hydroxylation is 1. The summed E-state index contributed by atoms with van der Waals surface area (Å²) in [6.45, 7) is 1.75. The van der Waals surface area contributed by atoms with E-state index in [0.717, 1.165) is 0 Å². The van der Waals surface area contributed by atoms with Gasteiger partial charge in [-0.3, -0.25) is 0 Å². The predicted molar refractivity (Wildman–Crippen MR) is 73.9 cm³/mol. The fraction of sp³-hybridized carbons (Fsp3) is 0.133. The maximum atomic E-state index is 13.2. The molecule has 0 amide bonds. The molecular formula is C15H12ClFO3. The van der Waals surface area contributed by atoms with E-state index in [9.17, 15) is 9.18 Å². The number of halogens is 2. The van der Waals surface area contributed by atoms with Crippen LogP contribution in [0.5, 0.6) is 5.75 Å². The number of benzene rings is 2. The van der Waals surface area contributed by atoms with E-state index in [2.05, 4.69) is 0 Å². The van der Waals surface area contributed by atoms with Crippen LogP contribution in [-0.4, -0.2) is 11.1 Å². The van der Waals surface area contributed by atoms with Gasteiger partial charge in [0.1, 0.15) is 23.7 Å². The van der Waals surface area contributed by atoms with E-state index in [1.165, 1.54) is 24.3 Å². The van der Waals surface area contributed by atoms with Crippen molar-refractivity contribution in [1.82, 2.24) is 0 Å². The molecule has 2 rings (SSSR count). The van der Waals surface area contributed by atoms with Crippen LogP contribution >= 0.6 is 11.6 Å². The molecule has 0 radical (unpaired) electrons. The molecule has 20 heavy (non-hydrogen) atoms. The van der Waals surface area contributed by atoms with Crippen molar-refractivity contribution >= 4 is 17.6 Å². The number of ether oxygens (including phenoxy) is 1. The number of carbonyl (C=O) groups is 1. The Kier molecular flexibility index (Phi) is 4.25. The Balaban J connectivity index is 2.27. The van der Waals surface area contributed by atoms with Crippen molar-refractivity contribution in [1.29, 1.82) is 0 Å². The summed E-state index contributed by atoms with van der Waals surface area (Å²) in [4.78, 5) is 11.1. The Morgan fingerprint density at radius 1 is 1.35 bits per heavy atom. The van der Waals surface area contributed by atoms with Gasteiger partial charge in [-0.1, -0.05) is 23.7 Å². The molecule has 1 N–H and O–H groups in total. The van der Waals surface area contributed by atoms with Crippen LogP contribution in [0, 0.1) is 12.7 Å². The quantitative estimate of drug-likeness (QED) is 0.925. The molecule has 0 heterocycles. The molecule has 0 aliphatic heterocycles. The Morgan fingerprint density at radius 3 is 2.80 bits per heavy atom. The molecule has 0 atom stereocenters. The van der Waals surface area contributed by atoms with Crippen LogP contribution in [-0.2, 0) is 6.61 Å². The molecule has 0 fully saturated rings. The Hall–Kier alpha value is -2.07. The van der Waals surface area contributed by atoms with Gasteiger partial charge < -0.3 is 9.84 Å². The smallest absolute Gasteiger partial charge is 0.339 e. The van der Waals surface area contributed by atoms with Crippen molar-refractivity contribution in [2.45, 2.75) is 13.5 Å². The first-order valence-corrected chi connectivity index (χ1v) is 6.26. The normalized spacial score (nSPS) is 10.3. The highest BCUT2D eigenvalue weighted by Crippen LogP contribution is 2.26. The summed E-state index contributed by atoms with van der Waals surface area (Å²) < 4.78 is 18.7. The van der Waals surface area contributed by atoms with Gasteiger partial charge in [0.25, 0.3) is 0 Å². The van der Waals surface area contributed by atoms with Crippen LogP contribution in [0.4, 0.5) is 4.39 Å². The summed E-state index contributed by atoms with van der Waals surface area (Å²) in [6.07, 6.45) is 0. The van der Waals surface area contributed by atoms with E-state index in [1.807, 2.05) is 0 Å². The lowest BCUT2D eigenvalue weighted by atomic mass is 10.1. The Morgan fingerprint density at radius 2 is 2.10 bits per heavy atom. The lowest BCUT2D eigenvalue weighted by molar-refractivity contribution is 0.0691. The number of rotatable bonds is 4. The van der Waals surface area contributed by atoms with Crippen LogP contribution < -0.4 is 4.74 Å². The second-order valence-electron chi connectivity index (χ2n) is 4.28. The standard InChI is InChI=1S/C15H12ClFO3/c1-9-3-2-4-12(15(18)19)14(9)20-8-10-7-11(17)5-6-13(10)16/h2-7H,8H2,1H3,(H,18,19). The molecule has 2 aromatic rings. The van der Waals surface area contributed by atoms with Crippen LogP contribution in [0.25, 0.3) is 0 Å². The second-order valence-corrected chi connectivity index (χ2v) is 4.69. The highest BCUT2D eigenvalue weighted by atomic mass is 35.5. The fourth-order valence-corrected chi connectivity index (χ4v) is 1.99. The van der Waals surface area contributed by atoms with Crippen LogP contribution in [0.1, 0.15) is 21.5 Å². The van der Waals surface area contributed by atoms with Crippen molar-refractivity contribution in [3.05, 3.63) is 63.9 Å². The monoisotopic (exact) mass is 294 g/mol. The molecule has 2 aromatic carbocycles. The highest BCUT2D eigenvalue weighted by Gasteiger charge is 2.14. The molecular weight excluding hydrogens is 283 g/mol. The van der Waals surface area contributed by atoms with Crippen LogP contribution in [0.3, 0.4) is 0 Å². The molecule has 0 spiro atoms. The van der Waals surface area contributed by atoms with E-state index in [-0.39, 0.29) is 17.9 Å². The van der Waals surface area contributed by atoms with Gasteiger partial charge >= 0.3 is 5.97 Å². The lowest BCUT2D eigenvalue weighted by Crippen LogP contribution is -2.05. The van der Waals surface area contributed by atoms with Crippen LogP contribution in [0.15, 0.2) is 36.4 Å². The zero-order valence-electron chi connectivity index (χ0n) is 10.7. The topological polar surface area (TPSA) is 46.5 Å². The van der Waals surface area contributed by atoms with Crippen molar-refractivity contribution in [2.75, 3.05) is 0 Å². The number of carboxylic acids is 1. The summed E-state index contributed by atoms with van der Waals surface area (Å²) in [7, 11) is 0. The second kappa shape index (κ2) is 5.92. The van der Waals surface area contributed by atoms with E-state index < -0.39 is 11.8 Å². The summed E-state index contributed by atoms with van der Waals surface area (Å²) in [5.74, 6) is -1.23. The first-order valence-electron chi connectivity index (χ1n) is 5.88. The molecule has 0 aliphatic carbocycles. The van der Waals surface area contributed by atoms with Crippen LogP contribution in [0.2, 0.25) is 5.02 Å². The number of para-hydroxylation sites is 1. The maximum Gasteiger partial charge on any atom is 0.339 e. The predicted octanol–water partition coefficient (Wildman–Crippen LogP) is 4.06. The van der Waals surface area contributed by atoms with E-state index in [4.69, 9.17) is 21.4 Å². The minimum absolute atomic E-state index is 0.00171. The van der Waals surface area contributed by atoms with Gasteiger partial charge in [0.2, 0.25) is 0 Å². The van der Waals surface area contributed by atoms with Gasteiger partial charge in [0.05, 0.1) is 0 Å². The molecule has 0 aromatic heterocycles. The zero-order chi connectivity index (χ0) is 14.7.